The van der Waals surface area contributed by atoms with Gasteiger partial charge in [0.25, 0.3) is 0 Å². The van der Waals surface area contributed by atoms with E-state index < -0.39 is 0 Å². The molecular formula is C21H27NO4. The first-order valence-electron chi connectivity index (χ1n) is 8.77. The molecule has 0 spiro atoms. The van der Waals surface area contributed by atoms with Crippen molar-refractivity contribution in [1.82, 2.24) is 4.90 Å². The largest absolute Gasteiger partial charge is 0.493 e. The van der Waals surface area contributed by atoms with Gasteiger partial charge in [-0.1, -0.05) is 6.07 Å². The van der Waals surface area contributed by atoms with Gasteiger partial charge in [0.1, 0.15) is 0 Å². The normalized spacial score (nSPS) is 16.7. The van der Waals surface area contributed by atoms with E-state index in [4.69, 9.17) is 18.9 Å². The Balaban J connectivity index is 1.96. The van der Waals surface area contributed by atoms with E-state index in [1.165, 1.54) is 16.7 Å². The molecule has 0 aliphatic carbocycles. The Morgan fingerprint density at radius 1 is 0.846 bits per heavy atom. The molecule has 5 nitrogen and oxygen atoms in total. The molecule has 1 heterocycles. The molecule has 0 saturated carbocycles. The van der Waals surface area contributed by atoms with E-state index in [0.717, 1.165) is 42.4 Å². The van der Waals surface area contributed by atoms with Crippen LogP contribution in [0.15, 0.2) is 30.3 Å². The molecule has 0 saturated heterocycles. The lowest BCUT2D eigenvalue weighted by Gasteiger charge is -2.35. The van der Waals surface area contributed by atoms with Crippen molar-refractivity contribution in [3.05, 3.63) is 47.0 Å². The second-order valence-corrected chi connectivity index (χ2v) is 6.55. The molecule has 0 N–H and O–H groups in total. The summed E-state index contributed by atoms with van der Waals surface area (Å²) in [5, 5.41) is 0. The molecule has 0 bridgehead atoms. The highest BCUT2D eigenvalue weighted by atomic mass is 16.5. The molecule has 5 heteroatoms. The first kappa shape index (κ1) is 18.4. The lowest BCUT2D eigenvalue weighted by molar-refractivity contribution is 0.227. The second-order valence-electron chi connectivity index (χ2n) is 6.55. The van der Waals surface area contributed by atoms with E-state index in [0.29, 0.717) is 0 Å². The van der Waals surface area contributed by atoms with Crippen molar-refractivity contribution in [3.63, 3.8) is 0 Å². The van der Waals surface area contributed by atoms with Gasteiger partial charge in [0.05, 0.1) is 28.4 Å². The predicted molar refractivity (Wildman–Crippen MR) is 102 cm³/mol. The summed E-state index contributed by atoms with van der Waals surface area (Å²) in [4.78, 5) is 2.39. The fourth-order valence-corrected chi connectivity index (χ4v) is 3.65. The quantitative estimate of drug-likeness (QED) is 0.791. The van der Waals surface area contributed by atoms with Crippen molar-refractivity contribution in [2.24, 2.45) is 0 Å². The monoisotopic (exact) mass is 357 g/mol. The van der Waals surface area contributed by atoms with Crippen LogP contribution in [0.3, 0.4) is 0 Å². The Morgan fingerprint density at radius 2 is 1.46 bits per heavy atom. The van der Waals surface area contributed by atoms with Gasteiger partial charge >= 0.3 is 0 Å². The van der Waals surface area contributed by atoms with Gasteiger partial charge in [0.15, 0.2) is 23.0 Å². The van der Waals surface area contributed by atoms with Crippen LogP contribution in [0, 0.1) is 0 Å². The van der Waals surface area contributed by atoms with Crippen molar-refractivity contribution in [2.45, 2.75) is 18.9 Å². The molecule has 0 aromatic heterocycles. The molecule has 140 valence electrons. The van der Waals surface area contributed by atoms with Crippen molar-refractivity contribution >= 4 is 0 Å². The number of hydrogen-bond donors (Lipinski definition) is 0. The topological polar surface area (TPSA) is 40.2 Å². The van der Waals surface area contributed by atoms with E-state index in [9.17, 15) is 0 Å². The number of hydrogen-bond acceptors (Lipinski definition) is 5. The van der Waals surface area contributed by atoms with Crippen molar-refractivity contribution in [2.75, 3.05) is 42.0 Å². The lowest BCUT2D eigenvalue weighted by atomic mass is 9.88. The molecule has 26 heavy (non-hydrogen) atoms. The summed E-state index contributed by atoms with van der Waals surface area (Å²) in [6.45, 7) is 1.01. The molecule has 1 aliphatic heterocycles. The average Bonchev–Trinajstić information content (AvgIpc) is 2.68. The summed E-state index contributed by atoms with van der Waals surface area (Å²) in [5.74, 6) is 3.08. The van der Waals surface area contributed by atoms with E-state index in [1.54, 1.807) is 28.4 Å². The minimum Gasteiger partial charge on any atom is -0.493 e. The van der Waals surface area contributed by atoms with Crippen LogP contribution in [0.1, 0.15) is 22.7 Å². The van der Waals surface area contributed by atoms with E-state index >= 15 is 0 Å². The molecule has 2 aromatic carbocycles. The van der Waals surface area contributed by atoms with E-state index in [1.807, 2.05) is 6.07 Å². The average molecular weight is 357 g/mol. The van der Waals surface area contributed by atoms with Crippen LogP contribution in [-0.2, 0) is 12.8 Å². The Labute approximate surface area is 155 Å². The zero-order chi connectivity index (χ0) is 18.7. The molecular weight excluding hydrogens is 330 g/mol. The predicted octanol–water partition coefficient (Wildman–Crippen LogP) is 3.49. The van der Waals surface area contributed by atoms with Crippen molar-refractivity contribution in [3.8, 4) is 23.0 Å². The lowest BCUT2D eigenvalue weighted by Crippen LogP contribution is -2.33. The third-order valence-corrected chi connectivity index (χ3v) is 5.15. The minimum absolute atomic E-state index is 0.275. The van der Waals surface area contributed by atoms with E-state index in [-0.39, 0.29) is 6.04 Å². The summed E-state index contributed by atoms with van der Waals surface area (Å²) in [5.41, 5.74) is 3.83. The van der Waals surface area contributed by atoms with Gasteiger partial charge in [-0.2, -0.15) is 0 Å². The summed E-state index contributed by atoms with van der Waals surface area (Å²) >= 11 is 0. The number of benzene rings is 2. The Bertz CT molecular complexity index is 775. The third kappa shape index (κ3) is 3.44. The molecule has 2 aromatic rings. The molecule has 0 radical (unpaired) electrons. The Kier molecular flexibility index (Phi) is 5.57. The van der Waals surface area contributed by atoms with Crippen LogP contribution < -0.4 is 18.9 Å². The molecule has 0 amide bonds. The van der Waals surface area contributed by atoms with Gasteiger partial charge in [0.2, 0.25) is 0 Å². The smallest absolute Gasteiger partial charge is 0.161 e. The Morgan fingerprint density at radius 3 is 2.12 bits per heavy atom. The third-order valence-electron chi connectivity index (χ3n) is 5.15. The highest BCUT2D eigenvalue weighted by Crippen LogP contribution is 2.39. The molecule has 0 unspecified atom stereocenters. The van der Waals surface area contributed by atoms with Crippen LogP contribution in [-0.4, -0.2) is 46.9 Å². The van der Waals surface area contributed by atoms with E-state index in [2.05, 4.69) is 36.2 Å². The first-order chi connectivity index (χ1) is 12.6. The molecule has 1 aliphatic rings. The highest BCUT2D eigenvalue weighted by molar-refractivity contribution is 5.50. The summed E-state index contributed by atoms with van der Waals surface area (Å²) in [7, 11) is 8.86. The number of likely N-dealkylation sites (N-methyl/N-ethyl adjacent to an activating group) is 1. The Hall–Kier alpha value is -2.40. The maximum Gasteiger partial charge on any atom is 0.161 e. The fourth-order valence-electron chi connectivity index (χ4n) is 3.65. The van der Waals surface area contributed by atoms with Crippen LogP contribution in [0.2, 0.25) is 0 Å². The maximum absolute atomic E-state index is 5.52. The van der Waals surface area contributed by atoms with Gasteiger partial charge in [-0.15, -0.1) is 0 Å². The number of rotatable bonds is 6. The number of methoxy groups -OCH3 is 4. The maximum atomic E-state index is 5.52. The summed E-state index contributed by atoms with van der Waals surface area (Å²) in [6.07, 6.45) is 1.90. The highest BCUT2D eigenvalue weighted by Gasteiger charge is 2.27. The van der Waals surface area contributed by atoms with Gasteiger partial charge in [-0.3, -0.25) is 4.90 Å². The van der Waals surface area contributed by atoms with Gasteiger partial charge in [0, 0.05) is 12.6 Å². The summed E-state index contributed by atoms with van der Waals surface area (Å²) < 4.78 is 21.8. The van der Waals surface area contributed by atoms with Crippen LogP contribution in [0.25, 0.3) is 0 Å². The van der Waals surface area contributed by atoms with Gasteiger partial charge < -0.3 is 18.9 Å². The second kappa shape index (κ2) is 7.87. The minimum atomic E-state index is 0.275. The summed E-state index contributed by atoms with van der Waals surface area (Å²) in [6, 6.07) is 10.6. The number of fused-ring (bicyclic) bond motifs is 1. The van der Waals surface area contributed by atoms with Gasteiger partial charge in [-0.25, -0.2) is 0 Å². The number of nitrogens with zero attached hydrogens (tertiary/aromatic N) is 1. The number of ether oxygens (including phenoxy) is 4. The molecule has 0 fully saturated rings. The van der Waals surface area contributed by atoms with Crippen molar-refractivity contribution in [1.29, 1.82) is 0 Å². The SMILES string of the molecule is COc1ccc(C[C@H]2c3cc(OC)c(OC)cc3CCN2C)cc1OC. The molecule has 1 atom stereocenters. The van der Waals surface area contributed by atoms with Gasteiger partial charge in [-0.05, 0) is 60.8 Å². The van der Waals surface area contributed by atoms with Crippen molar-refractivity contribution < 1.29 is 18.9 Å². The molecule has 3 rings (SSSR count). The zero-order valence-corrected chi connectivity index (χ0v) is 16.2. The van der Waals surface area contributed by atoms with Crippen LogP contribution >= 0.6 is 0 Å². The zero-order valence-electron chi connectivity index (χ0n) is 16.2. The standard InChI is InChI=1S/C21H27NO4/c1-22-9-8-15-12-20(25-4)21(26-5)13-16(15)17(22)10-14-6-7-18(23-2)19(11-14)24-3/h6-7,11-13,17H,8-10H2,1-5H3/t17-/m0/s1. The van der Waals surface area contributed by atoms with Crippen LogP contribution in [0.4, 0.5) is 0 Å². The first-order valence-corrected chi connectivity index (χ1v) is 8.77. The fraction of sp³-hybridized carbons (Fsp3) is 0.429. The van der Waals surface area contributed by atoms with Crippen LogP contribution in [0.5, 0.6) is 23.0 Å².